The lowest BCUT2D eigenvalue weighted by atomic mass is 9.86. The molecule has 3 N–H and O–H groups in total. The van der Waals surface area contributed by atoms with E-state index in [-0.39, 0.29) is 24.4 Å². The fourth-order valence-corrected chi connectivity index (χ4v) is 2.87. The smallest absolute Gasteiger partial charge is 0.325 e. The Morgan fingerprint density at radius 1 is 1.27 bits per heavy atom. The first-order valence-electron chi connectivity index (χ1n) is 7.37. The summed E-state index contributed by atoms with van der Waals surface area (Å²) < 4.78 is 0. The lowest BCUT2D eigenvalue weighted by molar-refractivity contribution is -0.142. The Morgan fingerprint density at radius 3 is 2.32 bits per heavy atom. The maximum atomic E-state index is 12.1. The molecular formula is C14H21N3O5. The Morgan fingerprint density at radius 2 is 1.86 bits per heavy atom. The van der Waals surface area contributed by atoms with Crippen molar-refractivity contribution in [2.24, 2.45) is 5.92 Å². The number of carboxylic acids is 1. The third-order valence-corrected chi connectivity index (χ3v) is 4.44. The molecule has 4 amide bonds. The Bertz CT molecular complexity index is 509. The molecule has 22 heavy (non-hydrogen) atoms. The number of carbonyl (C=O) groups excluding carboxylic acids is 3. The van der Waals surface area contributed by atoms with E-state index in [9.17, 15) is 19.2 Å². The number of rotatable bonds is 4. The maximum Gasteiger partial charge on any atom is 0.325 e. The van der Waals surface area contributed by atoms with Crippen molar-refractivity contribution in [1.82, 2.24) is 15.5 Å². The zero-order valence-electron chi connectivity index (χ0n) is 12.7. The topological polar surface area (TPSA) is 116 Å². The van der Waals surface area contributed by atoms with Crippen LogP contribution in [0.3, 0.4) is 0 Å². The van der Waals surface area contributed by atoms with Crippen LogP contribution in [0, 0.1) is 5.92 Å². The number of carbonyl (C=O) groups is 4. The summed E-state index contributed by atoms with van der Waals surface area (Å²) in [5.41, 5.74) is -1.05. The van der Waals surface area contributed by atoms with Crippen LogP contribution in [0.2, 0.25) is 0 Å². The molecule has 0 atom stereocenters. The van der Waals surface area contributed by atoms with E-state index in [1.54, 1.807) is 13.8 Å². The molecule has 1 aliphatic carbocycles. The van der Waals surface area contributed by atoms with E-state index in [1.165, 1.54) is 4.90 Å². The van der Waals surface area contributed by atoms with Gasteiger partial charge in [-0.3, -0.25) is 19.7 Å². The van der Waals surface area contributed by atoms with Crippen LogP contribution in [0.1, 0.15) is 39.5 Å². The van der Waals surface area contributed by atoms with Crippen molar-refractivity contribution in [3.63, 3.8) is 0 Å². The molecule has 0 aromatic rings. The maximum absolute atomic E-state index is 12.1. The van der Waals surface area contributed by atoms with Crippen LogP contribution in [0.25, 0.3) is 0 Å². The average Bonchev–Trinajstić information content (AvgIpc) is 2.62. The summed E-state index contributed by atoms with van der Waals surface area (Å²) >= 11 is 0. The first kappa shape index (κ1) is 16.3. The summed E-state index contributed by atoms with van der Waals surface area (Å²) in [5.74, 6) is -1.89. The van der Waals surface area contributed by atoms with Crippen molar-refractivity contribution < 1.29 is 24.3 Å². The molecule has 1 heterocycles. The molecule has 0 bridgehead atoms. The summed E-state index contributed by atoms with van der Waals surface area (Å²) in [6.45, 7) is 2.97. The van der Waals surface area contributed by atoms with E-state index in [1.807, 2.05) is 0 Å². The van der Waals surface area contributed by atoms with E-state index in [4.69, 9.17) is 5.11 Å². The standard InChI is InChI=1S/C14H21N3O5/c1-14(2)12(21)16-13(22)17(14)7-10(18)15-9-5-3-8(4-6-9)11(19)20/h8-9H,3-7H2,1-2H3,(H,15,18)(H,19,20)(H,16,21,22). The second-order valence-corrected chi connectivity index (χ2v) is 6.36. The number of hydrogen-bond donors (Lipinski definition) is 3. The van der Waals surface area contributed by atoms with Crippen molar-refractivity contribution in [3.05, 3.63) is 0 Å². The first-order chi connectivity index (χ1) is 10.2. The van der Waals surface area contributed by atoms with Gasteiger partial charge in [0.2, 0.25) is 5.91 Å². The van der Waals surface area contributed by atoms with Gasteiger partial charge >= 0.3 is 12.0 Å². The highest BCUT2D eigenvalue weighted by atomic mass is 16.4. The van der Waals surface area contributed by atoms with Gasteiger partial charge in [-0.1, -0.05) is 0 Å². The third-order valence-electron chi connectivity index (χ3n) is 4.44. The largest absolute Gasteiger partial charge is 0.481 e. The molecule has 0 unspecified atom stereocenters. The number of imide groups is 1. The molecule has 8 nitrogen and oxygen atoms in total. The molecule has 0 spiro atoms. The van der Waals surface area contributed by atoms with Gasteiger partial charge < -0.3 is 15.3 Å². The fourth-order valence-electron chi connectivity index (χ4n) is 2.87. The lowest BCUT2D eigenvalue weighted by Gasteiger charge is -2.30. The summed E-state index contributed by atoms with van der Waals surface area (Å²) in [4.78, 5) is 47.5. The Kier molecular flexibility index (Phi) is 4.39. The molecule has 0 radical (unpaired) electrons. The molecular weight excluding hydrogens is 290 g/mol. The predicted octanol–water partition coefficient (Wildman–Crippen LogP) is 0.0764. The van der Waals surface area contributed by atoms with Gasteiger partial charge in [-0.15, -0.1) is 0 Å². The minimum Gasteiger partial charge on any atom is -0.481 e. The molecule has 1 aliphatic heterocycles. The molecule has 2 aliphatic rings. The van der Waals surface area contributed by atoms with Crippen molar-refractivity contribution in [1.29, 1.82) is 0 Å². The summed E-state index contributed by atoms with van der Waals surface area (Å²) in [7, 11) is 0. The molecule has 8 heteroatoms. The van der Waals surface area contributed by atoms with E-state index in [0.29, 0.717) is 25.7 Å². The minimum absolute atomic E-state index is 0.0763. The normalized spacial score (nSPS) is 27.5. The quantitative estimate of drug-likeness (QED) is 0.636. The van der Waals surface area contributed by atoms with E-state index < -0.39 is 23.4 Å². The summed E-state index contributed by atoms with van der Waals surface area (Å²) in [6.07, 6.45) is 2.29. The van der Waals surface area contributed by atoms with Gasteiger partial charge in [0.1, 0.15) is 12.1 Å². The van der Waals surface area contributed by atoms with Gasteiger partial charge in [-0.2, -0.15) is 0 Å². The number of hydrogen-bond acceptors (Lipinski definition) is 4. The lowest BCUT2D eigenvalue weighted by Crippen LogP contribution is -2.50. The highest BCUT2D eigenvalue weighted by Gasteiger charge is 2.46. The minimum atomic E-state index is -1.05. The van der Waals surface area contributed by atoms with Crippen molar-refractivity contribution in [2.75, 3.05) is 6.54 Å². The number of nitrogens with one attached hydrogen (secondary N) is 2. The third kappa shape index (κ3) is 3.20. The van der Waals surface area contributed by atoms with Gasteiger partial charge in [-0.05, 0) is 39.5 Å². The van der Waals surface area contributed by atoms with Crippen LogP contribution < -0.4 is 10.6 Å². The first-order valence-corrected chi connectivity index (χ1v) is 7.37. The molecule has 122 valence electrons. The van der Waals surface area contributed by atoms with Crippen LogP contribution in [0.5, 0.6) is 0 Å². The molecule has 1 saturated carbocycles. The fraction of sp³-hybridized carbons (Fsp3) is 0.714. The zero-order valence-corrected chi connectivity index (χ0v) is 12.7. The van der Waals surface area contributed by atoms with Gasteiger partial charge in [0.15, 0.2) is 0 Å². The van der Waals surface area contributed by atoms with Crippen molar-refractivity contribution in [2.45, 2.75) is 51.1 Å². The van der Waals surface area contributed by atoms with E-state index in [0.717, 1.165) is 0 Å². The molecule has 1 saturated heterocycles. The second-order valence-electron chi connectivity index (χ2n) is 6.36. The number of carboxylic acid groups (broad SMARTS) is 1. The predicted molar refractivity (Wildman–Crippen MR) is 75.8 cm³/mol. The number of nitrogens with zero attached hydrogens (tertiary/aromatic N) is 1. The Labute approximate surface area is 128 Å². The molecule has 0 aromatic carbocycles. The Hall–Kier alpha value is -2.12. The van der Waals surface area contributed by atoms with Crippen molar-refractivity contribution >= 4 is 23.8 Å². The second kappa shape index (κ2) is 5.94. The monoisotopic (exact) mass is 311 g/mol. The van der Waals surface area contributed by atoms with Crippen LogP contribution >= 0.6 is 0 Å². The number of amides is 4. The number of aliphatic carboxylic acids is 1. The van der Waals surface area contributed by atoms with E-state index >= 15 is 0 Å². The molecule has 2 rings (SSSR count). The SMILES string of the molecule is CC1(C)C(=O)NC(=O)N1CC(=O)NC1CCC(C(=O)O)CC1. The Balaban J connectivity index is 1.85. The van der Waals surface area contributed by atoms with Crippen LogP contribution in [-0.4, -0.2) is 51.9 Å². The van der Waals surface area contributed by atoms with Crippen LogP contribution in [0.4, 0.5) is 4.79 Å². The summed E-state index contributed by atoms with van der Waals surface area (Å²) in [6, 6.07) is -0.646. The van der Waals surface area contributed by atoms with Gasteiger partial charge in [-0.25, -0.2) is 4.79 Å². The van der Waals surface area contributed by atoms with Gasteiger partial charge in [0, 0.05) is 6.04 Å². The average molecular weight is 311 g/mol. The molecule has 0 aromatic heterocycles. The van der Waals surface area contributed by atoms with Gasteiger partial charge in [0.05, 0.1) is 5.92 Å². The van der Waals surface area contributed by atoms with Gasteiger partial charge in [0.25, 0.3) is 5.91 Å². The summed E-state index contributed by atoms with van der Waals surface area (Å²) in [5, 5.41) is 13.9. The number of urea groups is 1. The zero-order chi connectivity index (χ0) is 16.5. The van der Waals surface area contributed by atoms with E-state index in [2.05, 4.69) is 10.6 Å². The highest BCUT2D eigenvalue weighted by molar-refractivity contribution is 6.07. The van der Waals surface area contributed by atoms with Crippen LogP contribution in [-0.2, 0) is 14.4 Å². The molecule has 2 fully saturated rings. The highest BCUT2D eigenvalue weighted by Crippen LogP contribution is 2.25. The van der Waals surface area contributed by atoms with Crippen molar-refractivity contribution in [3.8, 4) is 0 Å². The van der Waals surface area contributed by atoms with Crippen LogP contribution in [0.15, 0.2) is 0 Å².